The largest absolute Gasteiger partial charge is 0.316 e. The van der Waals surface area contributed by atoms with E-state index in [-0.39, 0.29) is 0 Å². The Labute approximate surface area is 149 Å². The van der Waals surface area contributed by atoms with Crippen molar-refractivity contribution in [3.63, 3.8) is 0 Å². The molecule has 1 amide bonds. The molecular weight excluding hydrogens is 310 g/mol. The molecule has 4 heteroatoms. The summed E-state index contributed by atoms with van der Waals surface area (Å²) in [6.45, 7) is 10.2. The topological polar surface area (TPSA) is 44.7 Å². The molecule has 1 N–H and O–H groups in total. The van der Waals surface area contributed by atoms with Gasteiger partial charge in [0.15, 0.2) is 0 Å². The fraction of sp³-hybridized carbons (Fsp3) is 0.238. The summed E-state index contributed by atoms with van der Waals surface area (Å²) in [5, 5.41) is 8.87. The molecule has 0 bridgehead atoms. The minimum atomic E-state index is 0.501. The fourth-order valence-electron chi connectivity index (χ4n) is 2.54. The number of benzene rings is 2. The van der Waals surface area contributed by atoms with Gasteiger partial charge in [0.05, 0.1) is 11.4 Å². The predicted octanol–water partition coefficient (Wildman–Crippen LogP) is 4.50. The van der Waals surface area contributed by atoms with E-state index in [1.54, 1.807) is 11.9 Å². The zero-order chi connectivity index (χ0) is 18.2. The first-order chi connectivity index (χ1) is 12.0. The molecule has 25 heavy (non-hydrogen) atoms. The van der Waals surface area contributed by atoms with Gasteiger partial charge in [-0.1, -0.05) is 55.8 Å². The predicted molar refractivity (Wildman–Crippen MR) is 105 cm³/mol. The van der Waals surface area contributed by atoms with Crippen molar-refractivity contribution in [2.45, 2.75) is 33.6 Å². The number of hydrogen-bond acceptors (Lipinski definition) is 3. The number of carbonyl (C=O) groups excluding carboxylic acids is 1. The number of nitrogens with zero attached hydrogens (tertiary/aromatic N) is 2. The lowest BCUT2D eigenvalue weighted by Crippen LogP contribution is -2.24. The summed E-state index contributed by atoms with van der Waals surface area (Å²) in [5.74, 6) is 0.501. The molecule has 0 atom stereocenters. The van der Waals surface area contributed by atoms with Gasteiger partial charge in [-0.3, -0.25) is 4.79 Å². The number of aryl methyl sites for hydroxylation is 2. The first-order valence-corrected chi connectivity index (χ1v) is 8.45. The monoisotopic (exact) mass is 335 g/mol. The summed E-state index contributed by atoms with van der Waals surface area (Å²) in [7, 11) is 0. The van der Waals surface area contributed by atoms with Crippen LogP contribution in [-0.4, -0.2) is 12.2 Å². The van der Waals surface area contributed by atoms with Gasteiger partial charge in [-0.05, 0) is 49.6 Å². The Morgan fingerprint density at radius 1 is 1.24 bits per heavy atom. The zero-order valence-electron chi connectivity index (χ0n) is 15.1. The highest BCUT2D eigenvalue weighted by atomic mass is 16.1. The van der Waals surface area contributed by atoms with E-state index in [9.17, 15) is 4.79 Å². The highest BCUT2D eigenvalue weighted by molar-refractivity contribution is 5.91. The quantitative estimate of drug-likeness (QED) is 0.350. The lowest BCUT2D eigenvalue weighted by molar-refractivity contribution is -0.108. The van der Waals surface area contributed by atoms with Crippen LogP contribution in [0.4, 0.5) is 5.69 Å². The number of rotatable bonds is 7. The van der Waals surface area contributed by atoms with Crippen LogP contribution < -0.4 is 10.3 Å². The Balaban J connectivity index is 2.41. The molecule has 0 unspecified atom stereocenters. The van der Waals surface area contributed by atoms with Crippen LogP contribution in [0, 0.1) is 6.92 Å². The normalized spacial score (nSPS) is 11.1. The number of nitrogens with one attached hydrogen (secondary N) is 1. The summed E-state index contributed by atoms with van der Waals surface area (Å²) in [4.78, 5) is 10.7. The SMILES string of the molecule is C=C(c1cccc(CCC)c1)N(/N=C(\C)NC=O)c1ccc(C)cc1. The first kappa shape index (κ1) is 18.5. The van der Waals surface area contributed by atoms with E-state index in [4.69, 9.17) is 0 Å². The van der Waals surface area contributed by atoms with Crippen LogP contribution in [0.3, 0.4) is 0 Å². The Hall–Kier alpha value is -2.88. The van der Waals surface area contributed by atoms with Crippen molar-refractivity contribution in [1.82, 2.24) is 5.32 Å². The van der Waals surface area contributed by atoms with Gasteiger partial charge in [-0.25, -0.2) is 5.01 Å². The van der Waals surface area contributed by atoms with Crippen molar-refractivity contribution in [2.24, 2.45) is 5.10 Å². The van der Waals surface area contributed by atoms with Gasteiger partial charge < -0.3 is 5.32 Å². The second-order valence-electron chi connectivity index (χ2n) is 5.99. The molecule has 0 heterocycles. The maximum atomic E-state index is 10.7. The van der Waals surface area contributed by atoms with Gasteiger partial charge in [0.1, 0.15) is 5.84 Å². The van der Waals surface area contributed by atoms with Crippen LogP contribution in [0.2, 0.25) is 0 Å². The maximum Gasteiger partial charge on any atom is 0.212 e. The maximum absolute atomic E-state index is 10.7. The third kappa shape index (κ3) is 5.05. The van der Waals surface area contributed by atoms with E-state index in [1.807, 2.05) is 43.3 Å². The molecule has 0 fully saturated rings. The highest BCUT2D eigenvalue weighted by Gasteiger charge is 2.12. The van der Waals surface area contributed by atoms with Crippen LogP contribution >= 0.6 is 0 Å². The van der Waals surface area contributed by atoms with Crippen LogP contribution in [-0.2, 0) is 11.2 Å². The van der Waals surface area contributed by atoms with Crippen molar-refractivity contribution in [1.29, 1.82) is 0 Å². The van der Waals surface area contributed by atoms with Crippen molar-refractivity contribution in [2.75, 3.05) is 5.01 Å². The zero-order valence-corrected chi connectivity index (χ0v) is 15.1. The molecule has 2 rings (SSSR count). The standard InChI is InChI=1S/C21H25N3O/c1-5-7-19-8-6-9-20(14-19)17(3)24(23-18(4)22-15-25)21-12-10-16(2)11-13-21/h6,8-15H,3,5,7H2,1-2,4H3,(H,22,23,25). The second kappa shape index (κ2) is 8.83. The molecule has 0 radical (unpaired) electrons. The van der Waals surface area contributed by atoms with Crippen LogP contribution in [0.15, 0.2) is 60.2 Å². The summed E-state index contributed by atoms with van der Waals surface area (Å²) in [6, 6.07) is 16.4. The molecule has 0 aliphatic heterocycles. The summed E-state index contributed by atoms with van der Waals surface area (Å²) in [6.07, 6.45) is 2.75. The average Bonchev–Trinajstić information content (AvgIpc) is 2.61. The van der Waals surface area contributed by atoms with E-state index >= 15 is 0 Å². The first-order valence-electron chi connectivity index (χ1n) is 8.45. The molecule has 0 aromatic heterocycles. The third-order valence-electron chi connectivity index (χ3n) is 3.85. The molecule has 2 aromatic rings. The van der Waals surface area contributed by atoms with Gasteiger partial charge in [0.25, 0.3) is 0 Å². The van der Waals surface area contributed by atoms with Crippen molar-refractivity contribution in [3.8, 4) is 0 Å². The molecule has 130 valence electrons. The number of amidine groups is 1. The van der Waals surface area contributed by atoms with E-state index in [0.717, 1.165) is 29.8 Å². The molecule has 0 saturated heterocycles. The summed E-state index contributed by atoms with van der Waals surface area (Å²) in [5.41, 5.74) is 5.11. The summed E-state index contributed by atoms with van der Waals surface area (Å²) >= 11 is 0. The van der Waals surface area contributed by atoms with Crippen LogP contribution in [0.1, 0.15) is 37.0 Å². The minimum Gasteiger partial charge on any atom is -0.316 e. The van der Waals surface area contributed by atoms with Crippen molar-refractivity contribution in [3.05, 3.63) is 71.8 Å². The number of hydrazone groups is 1. The van der Waals surface area contributed by atoms with E-state index in [0.29, 0.717) is 12.2 Å². The Morgan fingerprint density at radius 2 is 1.96 bits per heavy atom. The number of anilines is 1. The molecule has 4 nitrogen and oxygen atoms in total. The Kier molecular flexibility index (Phi) is 6.52. The number of carbonyl (C=O) groups is 1. The average molecular weight is 335 g/mol. The Morgan fingerprint density at radius 3 is 2.60 bits per heavy atom. The van der Waals surface area contributed by atoms with Gasteiger partial charge >= 0.3 is 0 Å². The van der Waals surface area contributed by atoms with Crippen LogP contribution in [0.25, 0.3) is 5.70 Å². The lowest BCUT2D eigenvalue weighted by Gasteiger charge is -2.23. The second-order valence-corrected chi connectivity index (χ2v) is 5.99. The van der Waals surface area contributed by atoms with Gasteiger partial charge in [-0.15, -0.1) is 0 Å². The smallest absolute Gasteiger partial charge is 0.212 e. The van der Waals surface area contributed by atoms with Crippen LogP contribution in [0.5, 0.6) is 0 Å². The number of hydrogen-bond donors (Lipinski definition) is 1. The fourth-order valence-corrected chi connectivity index (χ4v) is 2.54. The molecule has 2 aromatic carbocycles. The number of amides is 1. The molecule has 0 saturated carbocycles. The van der Waals surface area contributed by atoms with E-state index < -0.39 is 0 Å². The van der Waals surface area contributed by atoms with E-state index in [2.05, 4.69) is 36.1 Å². The lowest BCUT2D eigenvalue weighted by atomic mass is 10.0. The Bertz CT molecular complexity index is 763. The van der Waals surface area contributed by atoms with Gasteiger partial charge in [0, 0.05) is 0 Å². The highest BCUT2D eigenvalue weighted by Crippen LogP contribution is 2.26. The van der Waals surface area contributed by atoms with Gasteiger partial charge in [0.2, 0.25) is 6.41 Å². The summed E-state index contributed by atoms with van der Waals surface area (Å²) < 4.78 is 0. The molecule has 0 spiro atoms. The van der Waals surface area contributed by atoms with Crippen molar-refractivity contribution < 1.29 is 4.79 Å². The molecule has 0 aliphatic carbocycles. The van der Waals surface area contributed by atoms with Gasteiger partial charge in [-0.2, -0.15) is 5.10 Å². The van der Waals surface area contributed by atoms with E-state index in [1.165, 1.54) is 11.1 Å². The molecular formula is C21H25N3O. The minimum absolute atomic E-state index is 0.501. The van der Waals surface area contributed by atoms with Crippen molar-refractivity contribution >= 4 is 23.6 Å². The molecule has 0 aliphatic rings. The third-order valence-corrected chi connectivity index (χ3v) is 3.85.